The Labute approximate surface area is 319 Å². The van der Waals surface area contributed by atoms with Crippen molar-refractivity contribution >= 4 is 16.4 Å². The van der Waals surface area contributed by atoms with Gasteiger partial charge in [0.05, 0.1) is 19.8 Å². The minimum Gasteiger partial charge on any atom is -0.457 e. The van der Waals surface area contributed by atoms with Crippen molar-refractivity contribution in [2.45, 2.75) is 173 Å². The van der Waals surface area contributed by atoms with E-state index in [0.717, 1.165) is 44.9 Å². The highest BCUT2D eigenvalue weighted by Crippen LogP contribution is 2.26. The van der Waals surface area contributed by atoms with Gasteiger partial charge in [-0.15, -0.1) is 0 Å². The number of carbonyl (C=O) groups is 1. The molecule has 13 heteroatoms. The van der Waals surface area contributed by atoms with E-state index in [1.54, 1.807) is 0 Å². The number of aliphatic hydroxyl groups excluding tert-OH is 3. The summed E-state index contributed by atoms with van der Waals surface area (Å²) in [5.41, 5.74) is 0. The monoisotopic (exact) mass is 774 g/mol. The first-order valence-electron chi connectivity index (χ1n) is 19.9. The predicted octanol–water partition coefficient (Wildman–Crippen LogP) is 7.23. The fraction of sp³-hybridized carbons (Fsp3) is 0.775. The lowest BCUT2D eigenvalue weighted by Crippen LogP contribution is -2.60. The highest BCUT2D eigenvalue weighted by atomic mass is 32.3. The van der Waals surface area contributed by atoms with Gasteiger partial charge in [-0.2, -0.15) is 8.42 Å². The van der Waals surface area contributed by atoms with Gasteiger partial charge in [0.1, 0.15) is 30.5 Å². The van der Waals surface area contributed by atoms with Gasteiger partial charge in [0.25, 0.3) is 0 Å². The molecule has 1 saturated heterocycles. The van der Waals surface area contributed by atoms with Gasteiger partial charge in [-0.3, -0.25) is 9.35 Å². The molecule has 0 amide bonds. The third-order valence-corrected chi connectivity index (χ3v) is 9.19. The molecule has 1 rings (SSSR count). The van der Waals surface area contributed by atoms with E-state index in [2.05, 4.69) is 54.5 Å². The first-order chi connectivity index (χ1) is 25.6. The number of hydrogen-bond donors (Lipinski definition) is 4. The normalized spacial score (nSPS) is 21.8. The molecule has 0 spiro atoms. The van der Waals surface area contributed by atoms with Crippen molar-refractivity contribution in [2.24, 2.45) is 0 Å². The van der Waals surface area contributed by atoms with Crippen molar-refractivity contribution in [2.75, 3.05) is 26.4 Å². The maximum atomic E-state index is 12.7. The van der Waals surface area contributed by atoms with Crippen LogP contribution in [0.1, 0.15) is 136 Å². The van der Waals surface area contributed by atoms with Crippen molar-refractivity contribution in [3.05, 3.63) is 48.6 Å². The second kappa shape index (κ2) is 32.3. The van der Waals surface area contributed by atoms with Crippen LogP contribution in [0.4, 0.5) is 0 Å². The summed E-state index contributed by atoms with van der Waals surface area (Å²) in [4.78, 5) is 12.7. The number of aliphatic hydroxyl groups is 3. The molecule has 4 N–H and O–H groups in total. The van der Waals surface area contributed by atoms with E-state index >= 15 is 0 Å². The lowest BCUT2D eigenvalue weighted by atomic mass is 9.99. The Balaban J connectivity index is 2.55. The molecule has 0 aliphatic carbocycles. The standard InChI is InChI=1S/C40H70O12S/c1-3-5-7-9-11-13-15-17-19-21-23-25-27-29-36(42)50-34(32-48-30-28-26-24-22-20-18-16-14-12-10-8-6-4-2)33-49-40-38(44)39(52-53(45,46)47)37(43)35(31-41)51-40/h5,7,11,13,17,19,23,25,34-35,37-41,43-44H,3-4,6,8-10,12,14-16,18,20-22,24,26-33H2,1-2H3,(H,45,46,47)/b7-5-,13-11-,19-17-,25-23-. The molecule has 0 radical (unpaired) electrons. The average Bonchev–Trinajstić information content (AvgIpc) is 3.12. The largest absolute Gasteiger partial charge is 0.457 e. The fourth-order valence-electron chi connectivity index (χ4n) is 5.74. The predicted molar refractivity (Wildman–Crippen MR) is 206 cm³/mol. The van der Waals surface area contributed by atoms with Crippen LogP contribution in [-0.4, -0.2) is 97.5 Å². The second-order valence-electron chi connectivity index (χ2n) is 13.5. The molecule has 6 unspecified atom stereocenters. The molecule has 1 aliphatic heterocycles. The van der Waals surface area contributed by atoms with E-state index in [9.17, 15) is 28.5 Å². The highest BCUT2D eigenvalue weighted by molar-refractivity contribution is 7.80. The van der Waals surface area contributed by atoms with Crippen molar-refractivity contribution in [3.8, 4) is 0 Å². The molecular formula is C40H70O12S. The van der Waals surface area contributed by atoms with E-state index < -0.39 is 59.8 Å². The summed E-state index contributed by atoms with van der Waals surface area (Å²) in [5, 5.41) is 30.5. The SMILES string of the molecule is CC/C=C\C/C=C\C/C=C\C/C=C\CCC(=O)OC(COCCCCCCCCCCCCCCC)COC1OC(CO)C(O)C(OS(=O)(=O)O)C1O. The Kier molecular flexibility index (Phi) is 29.9. The minimum atomic E-state index is -5.07. The molecule has 1 fully saturated rings. The molecule has 1 heterocycles. The third-order valence-electron chi connectivity index (χ3n) is 8.73. The van der Waals surface area contributed by atoms with Crippen LogP contribution < -0.4 is 0 Å². The Hall–Kier alpha value is -1.94. The van der Waals surface area contributed by atoms with Gasteiger partial charge < -0.3 is 34.3 Å². The smallest absolute Gasteiger partial charge is 0.397 e. The Morgan fingerprint density at radius 2 is 1.26 bits per heavy atom. The number of hydrogen-bond acceptors (Lipinski definition) is 11. The van der Waals surface area contributed by atoms with Crippen molar-refractivity contribution < 1.29 is 56.2 Å². The fourth-order valence-corrected chi connectivity index (χ4v) is 6.25. The van der Waals surface area contributed by atoms with E-state index in [4.69, 9.17) is 23.5 Å². The molecule has 0 bridgehead atoms. The highest BCUT2D eigenvalue weighted by Gasteiger charge is 2.48. The lowest BCUT2D eigenvalue weighted by molar-refractivity contribution is -0.301. The van der Waals surface area contributed by atoms with Gasteiger partial charge >= 0.3 is 16.4 Å². The van der Waals surface area contributed by atoms with Crippen LogP contribution in [0.15, 0.2) is 48.6 Å². The van der Waals surface area contributed by atoms with E-state index in [1.165, 1.54) is 64.2 Å². The molecule has 12 nitrogen and oxygen atoms in total. The van der Waals surface area contributed by atoms with Crippen LogP contribution in [0.5, 0.6) is 0 Å². The van der Waals surface area contributed by atoms with E-state index in [1.807, 2.05) is 12.2 Å². The molecule has 0 aromatic heterocycles. The number of allylic oxidation sites excluding steroid dienone is 8. The number of ether oxygens (including phenoxy) is 4. The molecular weight excluding hydrogens is 704 g/mol. The Morgan fingerprint density at radius 3 is 1.79 bits per heavy atom. The van der Waals surface area contributed by atoms with E-state index in [0.29, 0.717) is 13.0 Å². The molecule has 53 heavy (non-hydrogen) atoms. The van der Waals surface area contributed by atoms with Gasteiger partial charge in [-0.1, -0.05) is 140 Å². The van der Waals surface area contributed by atoms with Gasteiger partial charge in [0.15, 0.2) is 6.29 Å². The molecule has 0 saturated carbocycles. The van der Waals surface area contributed by atoms with E-state index in [-0.39, 0.29) is 19.6 Å². The van der Waals surface area contributed by atoms with Crippen LogP contribution in [-0.2, 0) is 38.3 Å². The topological polar surface area (TPSA) is 178 Å². The summed E-state index contributed by atoms with van der Waals surface area (Å²) in [6, 6.07) is 0. The van der Waals surface area contributed by atoms with Crippen LogP contribution in [0.3, 0.4) is 0 Å². The zero-order valence-electron chi connectivity index (χ0n) is 32.3. The molecule has 1 aliphatic rings. The first-order valence-corrected chi connectivity index (χ1v) is 21.3. The summed E-state index contributed by atoms with van der Waals surface area (Å²) >= 11 is 0. The first kappa shape index (κ1) is 49.1. The molecule has 0 aromatic carbocycles. The summed E-state index contributed by atoms with van der Waals surface area (Å²) in [6.45, 7) is 3.76. The maximum absolute atomic E-state index is 12.7. The third kappa shape index (κ3) is 26.5. The molecule has 308 valence electrons. The number of unbranched alkanes of at least 4 members (excludes halogenated alkanes) is 12. The Bertz CT molecular complexity index is 1120. The number of esters is 1. The second-order valence-corrected chi connectivity index (χ2v) is 14.5. The average molecular weight is 775 g/mol. The molecule has 0 aromatic rings. The van der Waals surface area contributed by atoms with Crippen LogP contribution in [0, 0.1) is 0 Å². The lowest BCUT2D eigenvalue weighted by Gasteiger charge is -2.41. The van der Waals surface area contributed by atoms with Crippen molar-refractivity contribution in [1.29, 1.82) is 0 Å². The van der Waals surface area contributed by atoms with Crippen LogP contribution in [0.25, 0.3) is 0 Å². The minimum absolute atomic E-state index is 0.00772. The quantitative estimate of drug-likeness (QED) is 0.0228. The number of carbonyl (C=O) groups excluding carboxylic acids is 1. The maximum Gasteiger partial charge on any atom is 0.397 e. The summed E-state index contributed by atoms with van der Waals surface area (Å²) in [5.74, 6) is -0.480. The van der Waals surface area contributed by atoms with Gasteiger partial charge in [-0.25, -0.2) is 4.18 Å². The van der Waals surface area contributed by atoms with Crippen LogP contribution >= 0.6 is 0 Å². The zero-order valence-corrected chi connectivity index (χ0v) is 33.1. The zero-order chi connectivity index (χ0) is 39.0. The number of rotatable bonds is 33. The summed E-state index contributed by atoms with van der Waals surface area (Å²) < 4.78 is 58.7. The Morgan fingerprint density at radius 1 is 0.736 bits per heavy atom. The molecule has 6 atom stereocenters. The van der Waals surface area contributed by atoms with Crippen molar-refractivity contribution in [3.63, 3.8) is 0 Å². The van der Waals surface area contributed by atoms with Gasteiger partial charge in [0.2, 0.25) is 0 Å². The van der Waals surface area contributed by atoms with Gasteiger partial charge in [-0.05, 0) is 38.5 Å². The van der Waals surface area contributed by atoms with Crippen LogP contribution in [0.2, 0.25) is 0 Å². The van der Waals surface area contributed by atoms with Crippen molar-refractivity contribution in [1.82, 2.24) is 0 Å². The van der Waals surface area contributed by atoms with Gasteiger partial charge in [0, 0.05) is 13.0 Å². The summed E-state index contributed by atoms with van der Waals surface area (Å²) in [6.07, 6.45) is 27.4. The summed E-state index contributed by atoms with van der Waals surface area (Å²) in [7, 11) is -5.07.